The maximum absolute atomic E-state index is 12.3. The van der Waals surface area contributed by atoms with E-state index in [-0.39, 0.29) is 5.91 Å². The van der Waals surface area contributed by atoms with Gasteiger partial charge in [0.05, 0.1) is 11.1 Å². The maximum Gasteiger partial charge on any atom is 0.255 e. The van der Waals surface area contributed by atoms with E-state index < -0.39 is 0 Å². The number of aryl methyl sites for hydroxylation is 2. The van der Waals surface area contributed by atoms with Crippen molar-refractivity contribution in [3.63, 3.8) is 0 Å². The Morgan fingerprint density at radius 2 is 1.95 bits per heavy atom. The number of halogens is 1. The van der Waals surface area contributed by atoms with E-state index in [1.54, 1.807) is 18.2 Å². The Hall–Kier alpha value is -1.81. The van der Waals surface area contributed by atoms with Crippen molar-refractivity contribution in [2.24, 2.45) is 0 Å². The molecule has 0 saturated heterocycles. The lowest BCUT2D eigenvalue weighted by Crippen LogP contribution is -2.13. The fourth-order valence-corrected chi connectivity index (χ4v) is 2.47. The topological polar surface area (TPSA) is 38.3 Å². The number of hydrogen-bond acceptors (Lipinski definition) is 2. The molecule has 0 saturated carbocycles. The number of anilines is 1. The predicted octanol–water partition coefficient (Wildman–Crippen LogP) is 4.72. The van der Waals surface area contributed by atoms with Gasteiger partial charge in [0.15, 0.2) is 0 Å². The fourth-order valence-electron chi connectivity index (χ4n) is 1.98. The molecule has 21 heavy (non-hydrogen) atoms. The normalized spacial score (nSPS) is 10.3. The molecule has 2 rings (SSSR count). The third-order valence-electron chi connectivity index (χ3n) is 3.14. The highest BCUT2D eigenvalue weighted by Crippen LogP contribution is 2.26. The molecule has 2 aromatic carbocycles. The van der Waals surface area contributed by atoms with E-state index in [2.05, 4.69) is 21.2 Å². The lowest BCUT2D eigenvalue weighted by Gasteiger charge is -2.11. The van der Waals surface area contributed by atoms with Crippen LogP contribution in [0.3, 0.4) is 0 Å². The van der Waals surface area contributed by atoms with Gasteiger partial charge in [-0.1, -0.05) is 12.1 Å². The van der Waals surface area contributed by atoms with Gasteiger partial charge in [0, 0.05) is 11.3 Å². The molecular weight excluding hydrogens is 330 g/mol. The molecule has 110 valence electrons. The van der Waals surface area contributed by atoms with Crippen LogP contribution in [0.4, 0.5) is 5.69 Å². The third kappa shape index (κ3) is 3.85. The van der Waals surface area contributed by atoms with Crippen LogP contribution in [0.15, 0.2) is 40.9 Å². The fraction of sp³-hybridized carbons (Fsp3) is 0.235. The quantitative estimate of drug-likeness (QED) is 0.868. The number of nitrogens with one attached hydrogen (secondary N) is 1. The summed E-state index contributed by atoms with van der Waals surface area (Å²) in [5.74, 6) is 0.605. The SMILES string of the molecule is CCOc1ccc(C(=O)Nc2cc(C)ccc2C)cc1Br. The molecule has 3 nitrogen and oxygen atoms in total. The Bertz CT molecular complexity index is 668. The zero-order chi connectivity index (χ0) is 15.4. The highest BCUT2D eigenvalue weighted by Gasteiger charge is 2.10. The summed E-state index contributed by atoms with van der Waals surface area (Å²) in [6, 6.07) is 11.3. The smallest absolute Gasteiger partial charge is 0.255 e. The molecule has 0 unspecified atom stereocenters. The second kappa shape index (κ2) is 6.76. The van der Waals surface area contributed by atoms with Gasteiger partial charge in [-0.15, -0.1) is 0 Å². The number of hydrogen-bond donors (Lipinski definition) is 1. The monoisotopic (exact) mass is 347 g/mol. The van der Waals surface area contributed by atoms with Crippen LogP contribution < -0.4 is 10.1 Å². The van der Waals surface area contributed by atoms with Crippen molar-refractivity contribution in [2.75, 3.05) is 11.9 Å². The predicted molar refractivity (Wildman–Crippen MR) is 89.2 cm³/mol. The Morgan fingerprint density at radius 1 is 1.19 bits per heavy atom. The van der Waals surface area contributed by atoms with Crippen molar-refractivity contribution in [3.8, 4) is 5.75 Å². The zero-order valence-electron chi connectivity index (χ0n) is 12.4. The average molecular weight is 348 g/mol. The lowest BCUT2D eigenvalue weighted by atomic mass is 10.1. The minimum atomic E-state index is -0.132. The Balaban J connectivity index is 2.20. The van der Waals surface area contributed by atoms with Crippen LogP contribution in [0, 0.1) is 13.8 Å². The number of carbonyl (C=O) groups is 1. The van der Waals surface area contributed by atoms with E-state index in [1.807, 2.05) is 39.0 Å². The van der Waals surface area contributed by atoms with Crippen LogP contribution in [0.1, 0.15) is 28.4 Å². The number of rotatable bonds is 4. The number of carbonyl (C=O) groups excluding carboxylic acids is 1. The number of benzene rings is 2. The van der Waals surface area contributed by atoms with E-state index in [0.29, 0.717) is 12.2 Å². The molecule has 0 aliphatic heterocycles. The van der Waals surface area contributed by atoms with Crippen molar-refractivity contribution in [1.82, 2.24) is 0 Å². The van der Waals surface area contributed by atoms with E-state index >= 15 is 0 Å². The summed E-state index contributed by atoms with van der Waals surface area (Å²) in [5.41, 5.74) is 3.58. The first-order valence-electron chi connectivity index (χ1n) is 6.82. The summed E-state index contributed by atoms with van der Waals surface area (Å²) in [6.45, 7) is 6.49. The van der Waals surface area contributed by atoms with Gasteiger partial charge < -0.3 is 10.1 Å². The molecule has 0 bridgehead atoms. The van der Waals surface area contributed by atoms with Crippen molar-refractivity contribution in [3.05, 3.63) is 57.6 Å². The van der Waals surface area contributed by atoms with Gasteiger partial charge in [0.25, 0.3) is 5.91 Å². The molecule has 0 fully saturated rings. The van der Waals surface area contributed by atoms with Gasteiger partial charge in [-0.25, -0.2) is 0 Å². The summed E-state index contributed by atoms with van der Waals surface area (Å²) in [5, 5.41) is 2.95. The van der Waals surface area contributed by atoms with Gasteiger partial charge in [0.2, 0.25) is 0 Å². The van der Waals surface area contributed by atoms with Crippen LogP contribution in [0.2, 0.25) is 0 Å². The highest BCUT2D eigenvalue weighted by molar-refractivity contribution is 9.10. The molecule has 0 spiro atoms. The van der Waals surface area contributed by atoms with Gasteiger partial charge in [-0.2, -0.15) is 0 Å². The first-order chi connectivity index (χ1) is 10.0. The highest BCUT2D eigenvalue weighted by atomic mass is 79.9. The molecule has 1 amide bonds. The number of amides is 1. The first-order valence-corrected chi connectivity index (χ1v) is 7.61. The third-order valence-corrected chi connectivity index (χ3v) is 3.75. The Kier molecular flexibility index (Phi) is 5.02. The van der Waals surface area contributed by atoms with E-state index in [4.69, 9.17) is 4.74 Å². The Labute approximate surface area is 133 Å². The summed E-state index contributed by atoms with van der Waals surface area (Å²) >= 11 is 3.42. The van der Waals surface area contributed by atoms with Gasteiger partial charge in [-0.05, 0) is 72.1 Å². The standard InChI is InChI=1S/C17H18BrNO2/c1-4-21-16-8-7-13(10-14(16)18)17(20)19-15-9-11(2)5-6-12(15)3/h5-10H,4H2,1-3H3,(H,19,20). The van der Waals surface area contributed by atoms with Crippen LogP contribution in [-0.4, -0.2) is 12.5 Å². The molecule has 1 N–H and O–H groups in total. The largest absolute Gasteiger partial charge is 0.493 e. The molecule has 0 aliphatic carbocycles. The van der Waals surface area contributed by atoms with Gasteiger partial charge in [0.1, 0.15) is 5.75 Å². The van der Waals surface area contributed by atoms with Crippen molar-refractivity contribution in [2.45, 2.75) is 20.8 Å². The summed E-state index contributed by atoms with van der Waals surface area (Å²) in [6.07, 6.45) is 0. The van der Waals surface area contributed by atoms with Crippen LogP contribution in [-0.2, 0) is 0 Å². The number of ether oxygens (including phenoxy) is 1. The van der Waals surface area contributed by atoms with Crippen molar-refractivity contribution < 1.29 is 9.53 Å². The first kappa shape index (κ1) is 15.6. The summed E-state index contributed by atoms with van der Waals surface area (Å²) in [4.78, 5) is 12.3. The minimum Gasteiger partial charge on any atom is -0.493 e. The molecule has 0 aromatic heterocycles. The van der Waals surface area contributed by atoms with E-state index in [1.165, 1.54) is 0 Å². The maximum atomic E-state index is 12.3. The Morgan fingerprint density at radius 3 is 2.62 bits per heavy atom. The molecule has 4 heteroatoms. The van der Waals surface area contributed by atoms with Crippen LogP contribution in [0.5, 0.6) is 5.75 Å². The van der Waals surface area contributed by atoms with Crippen LogP contribution in [0.25, 0.3) is 0 Å². The zero-order valence-corrected chi connectivity index (χ0v) is 14.0. The van der Waals surface area contributed by atoms with Gasteiger partial charge in [-0.3, -0.25) is 4.79 Å². The molecular formula is C17H18BrNO2. The molecule has 0 atom stereocenters. The van der Waals surface area contributed by atoms with Crippen molar-refractivity contribution >= 4 is 27.5 Å². The molecule has 0 radical (unpaired) electrons. The minimum absolute atomic E-state index is 0.132. The van der Waals surface area contributed by atoms with E-state index in [9.17, 15) is 4.79 Å². The second-order valence-electron chi connectivity index (χ2n) is 4.85. The lowest BCUT2D eigenvalue weighted by molar-refractivity contribution is 0.102. The van der Waals surface area contributed by atoms with E-state index in [0.717, 1.165) is 27.0 Å². The van der Waals surface area contributed by atoms with Gasteiger partial charge >= 0.3 is 0 Å². The van der Waals surface area contributed by atoms with Crippen molar-refractivity contribution in [1.29, 1.82) is 0 Å². The molecule has 2 aromatic rings. The van der Waals surface area contributed by atoms with Crippen LogP contribution >= 0.6 is 15.9 Å². The molecule has 0 heterocycles. The average Bonchev–Trinajstić information content (AvgIpc) is 2.45. The summed E-state index contributed by atoms with van der Waals surface area (Å²) in [7, 11) is 0. The molecule has 0 aliphatic rings. The second-order valence-corrected chi connectivity index (χ2v) is 5.71. The summed E-state index contributed by atoms with van der Waals surface area (Å²) < 4.78 is 6.22.